The van der Waals surface area contributed by atoms with Crippen LogP contribution in [0, 0.1) is 13.8 Å². The fourth-order valence-electron chi connectivity index (χ4n) is 2.32. The number of anilines is 1. The van der Waals surface area contributed by atoms with Crippen molar-refractivity contribution in [1.82, 2.24) is 0 Å². The molecule has 0 radical (unpaired) electrons. The SMILES string of the molecule is Cc1ccc(S(=O)(=O)Nc2cc(C(F)(F)F)cc(C(F)(F)F)c2)c(C)c1. The molecule has 0 aliphatic heterocycles. The average Bonchev–Trinajstić information content (AvgIpc) is 2.44. The topological polar surface area (TPSA) is 46.2 Å². The third kappa shape index (κ3) is 4.48. The molecule has 2 aromatic rings. The summed E-state index contributed by atoms with van der Waals surface area (Å²) in [5.74, 6) is 0. The standard InChI is InChI=1S/C16H13F6NO2S/c1-9-3-4-14(10(2)5-9)26(24,25)23-13-7-11(15(17,18)19)6-12(8-13)16(20,21)22/h3-8,23H,1-2H3. The summed E-state index contributed by atoms with van der Waals surface area (Å²) in [6.45, 7) is 3.17. The minimum atomic E-state index is -5.07. The molecule has 0 heterocycles. The fraction of sp³-hybridized carbons (Fsp3) is 0.250. The van der Waals surface area contributed by atoms with Crippen LogP contribution in [0.2, 0.25) is 0 Å². The Hall–Kier alpha value is -2.23. The van der Waals surface area contributed by atoms with Crippen LogP contribution in [-0.4, -0.2) is 8.42 Å². The zero-order valence-electron chi connectivity index (χ0n) is 13.5. The Kier molecular flexibility index (Phi) is 5.02. The number of rotatable bonds is 3. The second kappa shape index (κ2) is 6.49. The van der Waals surface area contributed by atoms with E-state index >= 15 is 0 Å². The second-order valence-electron chi connectivity index (χ2n) is 5.67. The Morgan fingerprint density at radius 3 is 1.73 bits per heavy atom. The summed E-state index contributed by atoms with van der Waals surface area (Å²) in [5, 5.41) is 0. The van der Waals surface area contributed by atoms with Crippen LogP contribution >= 0.6 is 0 Å². The molecule has 0 spiro atoms. The fourth-order valence-corrected chi connectivity index (χ4v) is 3.59. The molecule has 2 aromatic carbocycles. The molecule has 10 heteroatoms. The van der Waals surface area contributed by atoms with Crippen molar-refractivity contribution in [1.29, 1.82) is 0 Å². The molecule has 0 saturated heterocycles. The van der Waals surface area contributed by atoms with Crippen molar-refractivity contribution in [3.05, 3.63) is 58.7 Å². The number of alkyl halides is 6. The Morgan fingerprint density at radius 1 is 0.808 bits per heavy atom. The summed E-state index contributed by atoms with van der Waals surface area (Å²) < 4.78 is 104. The molecule has 0 bridgehead atoms. The zero-order chi connectivity index (χ0) is 19.9. The molecule has 1 N–H and O–H groups in total. The van der Waals surface area contributed by atoms with Gasteiger partial charge in [0.2, 0.25) is 0 Å². The molecule has 0 aliphatic rings. The van der Waals surface area contributed by atoms with E-state index in [2.05, 4.69) is 0 Å². The van der Waals surface area contributed by atoms with Gasteiger partial charge in [-0.15, -0.1) is 0 Å². The van der Waals surface area contributed by atoms with E-state index < -0.39 is 39.2 Å². The summed E-state index contributed by atoms with van der Waals surface area (Å²) >= 11 is 0. The number of halogens is 6. The van der Waals surface area contributed by atoms with Gasteiger partial charge in [0.1, 0.15) is 0 Å². The lowest BCUT2D eigenvalue weighted by Crippen LogP contribution is -2.17. The maximum Gasteiger partial charge on any atom is 0.416 e. The van der Waals surface area contributed by atoms with Crippen LogP contribution in [0.25, 0.3) is 0 Å². The normalized spacial score (nSPS) is 12.9. The van der Waals surface area contributed by atoms with Gasteiger partial charge in [0.05, 0.1) is 21.7 Å². The van der Waals surface area contributed by atoms with Crippen LogP contribution in [0.15, 0.2) is 41.3 Å². The van der Waals surface area contributed by atoms with Crippen molar-refractivity contribution in [2.75, 3.05) is 4.72 Å². The molecule has 0 atom stereocenters. The van der Waals surface area contributed by atoms with Gasteiger partial charge in [-0.05, 0) is 43.7 Å². The first kappa shape index (κ1) is 20.1. The number of benzene rings is 2. The van der Waals surface area contributed by atoms with Gasteiger partial charge in [-0.25, -0.2) is 8.42 Å². The minimum Gasteiger partial charge on any atom is -0.280 e. The number of hydrogen-bond acceptors (Lipinski definition) is 2. The first-order valence-corrected chi connectivity index (χ1v) is 8.58. The van der Waals surface area contributed by atoms with E-state index in [0.29, 0.717) is 17.7 Å². The first-order chi connectivity index (χ1) is 11.7. The van der Waals surface area contributed by atoms with Crippen molar-refractivity contribution in [3.8, 4) is 0 Å². The zero-order valence-corrected chi connectivity index (χ0v) is 14.3. The number of nitrogens with one attached hydrogen (secondary N) is 1. The van der Waals surface area contributed by atoms with Crippen molar-refractivity contribution in [2.45, 2.75) is 31.1 Å². The van der Waals surface area contributed by atoms with Crippen molar-refractivity contribution in [2.24, 2.45) is 0 Å². The van der Waals surface area contributed by atoms with E-state index in [-0.39, 0.29) is 11.0 Å². The van der Waals surface area contributed by atoms with Gasteiger partial charge in [-0.2, -0.15) is 26.3 Å². The maximum absolute atomic E-state index is 12.9. The number of hydrogen-bond donors (Lipinski definition) is 1. The van der Waals surface area contributed by atoms with Crippen molar-refractivity contribution in [3.63, 3.8) is 0 Å². The Labute approximate surface area is 145 Å². The van der Waals surface area contributed by atoms with E-state index in [1.807, 2.05) is 0 Å². The Balaban J connectivity index is 2.54. The molecule has 0 saturated carbocycles. The number of aryl methyl sites for hydroxylation is 2. The van der Waals surface area contributed by atoms with Crippen LogP contribution in [0.5, 0.6) is 0 Å². The van der Waals surface area contributed by atoms with Gasteiger partial charge >= 0.3 is 12.4 Å². The van der Waals surface area contributed by atoms with E-state index in [1.54, 1.807) is 11.6 Å². The quantitative estimate of drug-likeness (QED) is 0.729. The third-order valence-electron chi connectivity index (χ3n) is 3.46. The Bertz CT molecular complexity index is 900. The van der Waals surface area contributed by atoms with Crippen LogP contribution < -0.4 is 4.72 Å². The van der Waals surface area contributed by atoms with Crippen LogP contribution in [0.1, 0.15) is 22.3 Å². The molecule has 26 heavy (non-hydrogen) atoms. The van der Waals surface area contributed by atoms with Gasteiger partial charge < -0.3 is 0 Å². The molecule has 0 unspecified atom stereocenters. The molecule has 0 aromatic heterocycles. The lowest BCUT2D eigenvalue weighted by Gasteiger charge is -2.16. The molecule has 3 nitrogen and oxygen atoms in total. The summed E-state index contributed by atoms with van der Waals surface area (Å²) in [6.07, 6.45) is -10.1. The van der Waals surface area contributed by atoms with Gasteiger partial charge in [0, 0.05) is 0 Å². The molecule has 0 amide bonds. The molecule has 0 aliphatic carbocycles. The van der Waals surface area contributed by atoms with Gasteiger partial charge in [0.15, 0.2) is 0 Å². The number of sulfonamides is 1. The van der Waals surface area contributed by atoms with Gasteiger partial charge in [-0.3, -0.25) is 4.72 Å². The highest BCUT2D eigenvalue weighted by molar-refractivity contribution is 7.92. The molecular weight excluding hydrogens is 384 g/mol. The van der Waals surface area contributed by atoms with Crippen LogP contribution in [0.4, 0.5) is 32.0 Å². The summed E-state index contributed by atoms with van der Waals surface area (Å²) in [7, 11) is -4.37. The third-order valence-corrected chi connectivity index (χ3v) is 5.00. The molecule has 2 rings (SSSR count). The van der Waals surface area contributed by atoms with Gasteiger partial charge in [0.25, 0.3) is 10.0 Å². The van der Waals surface area contributed by atoms with Crippen LogP contribution in [0.3, 0.4) is 0 Å². The summed E-state index contributed by atoms with van der Waals surface area (Å²) in [5.41, 5.74) is -2.98. The first-order valence-electron chi connectivity index (χ1n) is 7.10. The van der Waals surface area contributed by atoms with E-state index in [0.717, 1.165) is 5.56 Å². The highest BCUT2D eigenvalue weighted by Gasteiger charge is 2.37. The summed E-state index contributed by atoms with van der Waals surface area (Å²) in [6, 6.07) is 4.78. The minimum absolute atomic E-state index is 0.0745. The van der Waals surface area contributed by atoms with E-state index in [9.17, 15) is 34.8 Å². The van der Waals surface area contributed by atoms with E-state index in [1.165, 1.54) is 25.1 Å². The second-order valence-corrected chi connectivity index (χ2v) is 7.32. The van der Waals surface area contributed by atoms with Crippen LogP contribution in [-0.2, 0) is 22.4 Å². The highest BCUT2D eigenvalue weighted by Crippen LogP contribution is 2.38. The Morgan fingerprint density at radius 2 is 1.31 bits per heavy atom. The lowest BCUT2D eigenvalue weighted by molar-refractivity contribution is -0.143. The van der Waals surface area contributed by atoms with E-state index in [4.69, 9.17) is 0 Å². The predicted octanol–water partition coefficient (Wildman–Crippen LogP) is 5.14. The highest BCUT2D eigenvalue weighted by atomic mass is 32.2. The largest absolute Gasteiger partial charge is 0.416 e. The summed E-state index contributed by atoms with van der Waals surface area (Å²) in [4.78, 5) is -0.242. The monoisotopic (exact) mass is 397 g/mol. The maximum atomic E-state index is 12.9. The van der Waals surface area contributed by atoms with Crippen molar-refractivity contribution < 1.29 is 34.8 Å². The van der Waals surface area contributed by atoms with Gasteiger partial charge in [-0.1, -0.05) is 17.7 Å². The predicted molar refractivity (Wildman–Crippen MR) is 83.2 cm³/mol. The lowest BCUT2D eigenvalue weighted by atomic mass is 10.1. The molecule has 0 fully saturated rings. The average molecular weight is 397 g/mol. The van der Waals surface area contributed by atoms with Crippen molar-refractivity contribution >= 4 is 15.7 Å². The molecular formula is C16H13F6NO2S. The molecule has 142 valence electrons. The smallest absolute Gasteiger partial charge is 0.280 e.